The van der Waals surface area contributed by atoms with Gasteiger partial charge in [-0.1, -0.05) is 272 Å². The fourth-order valence-electron chi connectivity index (χ4n) is 9.58. The van der Waals surface area contributed by atoms with E-state index in [0.717, 1.165) is 109 Å². The van der Waals surface area contributed by atoms with E-state index in [4.69, 9.17) is 37.0 Å². The number of rotatable bonds is 64. The second-order valence-corrected chi connectivity index (χ2v) is 26.5. The van der Waals surface area contributed by atoms with Crippen molar-refractivity contribution in [1.82, 2.24) is 0 Å². The second kappa shape index (κ2) is 57.8. The Morgan fingerprint density at radius 3 is 0.819 bits per heavy atom. The van der Waals surface area contributed by atoms with Crippen LogP contribution in [0.3, 0.4) is 0 Å². The fourth-order valence-corrected chi connectivity index (χ4v) is 11.2. The molecule has 0 spiro atoms. The Bertz CT molecular complexity index is 1620. The first-order valence-electron chi connectivity index (χ1n) is 33.6. The van der Waals surface area contributed by atoms with Crippen LogP contribution in [0, 0.1) is 5.92 Å². The summed E-state index contributed by atoms with van der Waals surface area (Å²) in [6.45, 7) is 7.16. The molecule has 0 fully saturated rings. The minimum Gasteiger partial charge on any atom is -0.462 e. The van der Waals surface area contributed by atoms with Gasteiger partial charge in [-0.2, -0.15) is 0 Å². The molecule has 0 heterocycles. The summed E-state index contributed by atoms with van der Waals surface area (Å²) in [7, 11) is -9.88. The van der Waals surface area contributed by atoms with Gasteiger partial charge in [-0.05, 0) is 31.6 Å². The van der Waals surface area contributed by atoms with Gasteiger partial charge in [0.25, 0.3) is 0 Å². The van der Waals surface area contributed by atoms with Crippen LogP contribution in [0.4, 0.5) is 0 Å². The first-order valence-corrected chi connectivity index (χ1v) is 36.6. The molecule has 0 radical (unpaired) electrons. The maximum absolute atomic E-state index is 13.0. The van der Waals surface area contributed by atoms with E-state index in [-0.39, 0.29) is 25.7 Å². The number of phosphoric ester groups is 2. The lowest BCUT2D eigenvalue weighted by atomic mass is 10.0. The molecule has 0 bridgehead atoms. The smallest absolute Gasteiger partial charge is 0.462 e. The molecule has 0 aromatic rings. The van der Waals surface area contributed by atoms with E-state index >= 15 is 0 Å². The summed E-state index contributed by atoms with van der Waals surface area (Å²) >= 11 is 0. The molecule has 83 heavy (non-hydrogen) atoms. The van der Waals surface area contributed by atoms with Crippen molar-refractivity contribution < 1.29 is 80.2 Å². The summed E-state index contributed by atoms with van der Waals surface area (Å²) in [6.07, 6.45) is 41.7. The van der Waals surface area contributed by atoms with Crippen LogP contribution in [0.1, 0.15) is 324 Å². The van der Waals surface area contributed by atoms with Gasteiger partial charge < -0.3 is 33.8 Å². The Balaban J connectivity index is 5.19. The molecule has 0 rings (SSSR count). The molecule has 0 aliphatic carbocycles. The average molecular weight is 1230 g/mol. The maximum atomic E-state index is 13.0. The van der Waals surface area contributed by atoms with Crippen molar-refractivity contribution in [1.29, 1.82) is 0 Å². The Labute approximate surface area is 505 Å². The number of carbonyl (C=O) groups excluding carboxylic acids is 4. The van der Waals surface area contributed by atoms with Gasteiger partial charge in [0.1, 0.15) is 19.3 Å². The van der Waals surface area contributed by atoms with Gasteiger partial charge in [0.2, 0.25) is 0 Å². The predicted molar refractivity (Wildman–Crippen MR) is 331 cm³/mol. The van der Waals surface area contributed by atoms with Crippen molar-refractivity contribution in [2.45, 2.75) is 342 Å². The van der Waals surface area contributed by atoms with Gasteiger partial charge in [0, 0.05) is 25.7 Å². The molecule has 0 aromatic carbocycles. The molecule has 492 valence electrons. The third-order valence-electron chi connectivity index (χ3n) is 14.8. The number of unbranched alkanes of at least 4 members (excludes halogenated alkanes) is 36. The van der Waals surface area contributed by atoms with Crippen LogP contribution in [0.2, 0.25) is 0 Å². The Kier molecular flexibility index (Phi) is 56.4. The highest BCUT2D eigenvalue weighted by Crippen LogP contribution is 2.45. The summed E-state index contributed by atoms with van der Waals surface area (Å²) in [5.41, 5.74) is 0. The highest BCUT2D eigenvalue weighted by atomic mass is 31.2. The number of hydrogen-bond acceptors (Lipinski definition) is 15. The summed E-state index contributed by atoms with van der Waals surface area (Å²) in [6, 6.07) is 0. The van der Waals surface area contributed by atoms with Crippen molar-refractivity contribution >= 4 is 39.5 Å². The number of carbonyl (C=O) groups is 4. The van der Waals surface area contributed by atoms with Gasteiger partial charge in [0.15, 0.2) is 12.2 Å². The second-order valence-electron chi connectivity index (χ2n) is 23.6. The summed E-state index contributed by atoms with van der Waals surface area (Å²) < 4.78 is 67.9. The number of esters is 4. The minimum absolute atomic E-state index is 0.106. The van der Waals surface area contributed by atoms with Crippen LogP contribution in [0.25, 0.3) is 0 Å². The SMILES string of the molecule is CCCCCCCCCCCCC(=O)OC[C@H](COP(=O)(O)OC[C@@H](O)COP(=O)(O)OC[C@@H](COC(=O)CCCCCCCCC)OC(=O)CCCCCCCCCCCC)OC(=O)CCCCCCCCCCCCCCCC(C)C. The zero-order chi connectivity index (χ0) is 61.3. The quantitative estimate of drug-likeness (QED) is 0.0222. The van der Waals surface area contributed by atoms with E-state index in [9.17, 15) is 43.2 Å². The molecule has 3 N–H and O–H groups in total. The summed E-state index contributed by atoms with van der Waals surface area (Å²) in [5.74, 6) is -1.35. The highest BCUT2D eigenvalue weighted by molar-refractivity contribution is 7.47. The lowest BCUT2D eigenvalue weighted by molar-refractivity contribution is -0.161. The molecule has 2 unspecified atom stereocenters. The number of aliphatic hydroxyl groups excluding tert-OH is 1. The van der Waals surface area contributed by atoms with Crippen LogP contribution in [0.15, 0.2) is 0 Å². The normalized spacial score (nSPS) is 14.2. The molecule has 19 heteroatoms. The average Bonchev–Trinajstić information content (AvgIpc) is 3.45. The molecule has 0 aliphatic heterocycles. The summed E-state index contributed by atoms with van der Waals surface area (Å²) in [4.78, 5) is 72.1. The van der Waals surface area contributed by atoms with E-state index in [1.165, 1.54) is 135 Å². The molecule has 0 saturated carbocycles. The molecule has 0 amide bonds. The number of hydrogen-bond donors (Lipinski definition) is 3. The number of ether oxygens (including phenoxy) is 4. The highest BCUT2D eigenvalue weighted by Gasteiger charge is 2.30. The zero-order valence-electron chi connectivity index (χ0n) is 53.3. The van der Waals surface area contributed by atoms with Gasteiger partial charge in [-0.25, -0.2) is 9.13 Å². The van der Waals surface area contributed by atoms with Crippen LogP contribution in [0.5, 0.6) is 0 Å². The first-order chi connectivity index (χ1) is 40.0. The van der Waals surface area contributed by atoms with Crippen molar-refractivity contribution in [2.24, 2.45) is 5.92 Å². The maximum Gasteiger partial charge on any atom is 0.472 e. The number of aliphatic hydroxyl groups is 1. The minimum atomic E-state index is -4.94. The Hall–Kier alpha value is -1.94. The van der Waals surface area contributed by atoms with E-state index in [1.54, 1.807) is 0 Å². The van der Waals surface area contributed by atoms with E-state index in [1.807, 2.05) is 0 Å². The van der Waals surface area contributed by atoms with Crippen molar-refractivity contribution in [3.8, 4) is 0 Å². The predicted octanol–water partition coefficient (Wildman–Crippen LogP) is 17.8. The monoisotopic (exact) mass is 1230 g/mol. The fraction of sp³-hybridized carbons (Fsp3) is 0.938. The lowest BCUT2D eigenvalue weighted by Crippen LogP contribution is -2.30. The van der Waals surface area contributed by atoms with Gasteiger partial charge in [-0.3, -0.25) is 37.3 Å². The molecular weight excluding hydrogens is 1100 g/mol. The van der Waals surface area contributed by atoms with Gasteiger partial charge in [-0.15, -0.1) is 0 Å². The van der Waals surface area contributed by atoms with Crippen LogP contribution in [-0.4, -0.2) is 96.7 Å². The van der Waals surface area contributed by atoms with Crippen molar-refractivity contribution in [2.75, 3.05) is 39.6 Å². The zero-order valence-corrected chi connectivity index (χ0v) is 55.1. The van der Waals surface area contributed by atoms with Crippen molar-refractivity contribution in [3.05, 3.63) is 0 Å². The molecule has 0 aliphatic rings. The van der Waals surface area contributed by atoms with Gasteiger partial charge in [0.05, 0.1) is 26.4 Å². The largest absolute Gasteiger partial charge is 0.472 e. The Morgan fingerprint density at radius 1 is 0.325 bits per heavy atom. The standard InChI is InChI=1S/C64H124O17P2/c1-6-9-12-15-18-20-28-33-38-43-48-62(67)75-54-60(81-64(69)50-45-40-35-30-26-24-22-23-25-27-32-36-41-46-57(4)5)56-79-83(72,73)77-52-58(65)51-76-82(70,71)78-55-59(53-74-61(66)47-42-37-31-17-14-11-8-3)80-63(68)49-44-39-34-29-21-19-16-13-10-7-2/h57-60,65H,6-56H2,1-5H3,(H,70,71)(H,72,73)/t58-,59+,60+/m0/s1. The van der Waals surface area contributed by atoms with E-state index in [0.29, 0.717) is 25.7 Å². The third kappa shape index (κ3) is 58.8. The van der Waals surface area contributed by atoms with Gasteiger partial charge >= 0.3 is 39.5 Å². The first kappa shape index (κ1) is 81.1. The van der Waals surface area contributed by atoms with E-state index in [2.05, 4.69) is 34.6 Å². The molecule has 5 atom stereocenters. The van der Waals surface area contributed by atoms with Crippen molar-refractivity contribution in [3.63, 3.8) is 0 Å². The Morgan fingerprint density at radius 2 is 0.554 bits per heavy atom. The molecular formula is C64H124O17P2. The van der Waals surface area contributed by atoms with Crippen LogP contribution in [-0.2, 0) is 65.4 Å². The molecule has 0 saturated heterocycles. The lowest BCUT2D eigenvalue weighted by Gasteiger charge is -2.21. The summed E-state index contributed by atoms with van der Waals surface area (Å²) in [5, 5.41) is 10.5. The van der Waals surface area contributed by atoms with E-state index < -0.39 is 97.5 Å². The molecule has 17 nitrogen and oxygen atoms in total. The van der Waals surface area contributed by atoms with Crippen LogP contribution >= 0.6 is 15.6 Å². The molecule has 0 aromatic heterocycles. The third-order valence-corrected chi connectivity index (χ3v) is 16.7. The topological polar surface area (TPSA) is 237 Å². The van der Waals surface area contributed by atoms with Crippen LogP contribution < -0.4 is 0 Å². The number of phosphoric acid groups is 2.